The van der Waals surface area contributed by atoms with Gasteiger partial charge in [-0.2, -0.15) is 0 Å². The summed E-state index contributed by atoms with van der Waals surface area (Å²) in [4.78, 5) is 36.4. The van der Waals surface area contributed by atoms with Crippen molar-refractivity contribution in [3.8, 4) is 0 Å². The van der Waals surface area contributed by atoms with Gasteiger partial charge in [0.15, 0.2) is 0 Å². The van der Waals surface area contributed by atoms with Crippen molar-refractivity contribution >= 4 is 39.2 Å². The molecule has 1 N–H and O–H groups in total. The molecule has 1 saturated carbocycles. The number of esters is 1. The van der Waals surface area contributed by atoms with Crippen molar-refractivity contribution in [1.82, 2.24) is 5.32 Å². The molecule has 1 aromatic rings. The molecular formula is C16H18BrN3O5. The quantitative estimate of drug-likeness (QED) is 0.452. The average molecular weight is 412 g/mol. The monoisotopic (exact) mass is 411 g/mol. The molecule has 3 rings (SSSR count). The van der Waals surface area contributed by atoms with Crippen LogP contribution in [0.1, 0.15) is 29.6 Å². The Labute approximate surface area is 152 Å². The lowest BCUT2D eigenvalue weighted by Gasteiger charge is -2.21. The Bertz CT molecular complexity index is 735. The highest BCUT2D eigenvalue weighted by Crippen LogP contribution is 2.36. The van der Waals surface area contributed by atoms with E-state index < -0.39 is 10.9 Å². The van der Waals surface area contributed by atoms with Gasteiger partial charge in [-0.05, 0) is 41.3 Å². The summed E-state index contributed by atoms with van der Waals surface area (Å²) in [6, 6.07) is 2.83. The largest absolute Gasteiger partial charge is 0.465 e. The van der Waals surface area contributed by atoms with Crippen LogP contribution in [-0.4, -0.2) is 43.0 Å². The number of rotatable bonds is 5. The molecule has 8 nitrogen and oxygen atoms in total. The van der Waals surface area contributed by atoms with Crippen LogP contribution in [0.2, 0.25) is 0 Å². The molecule has 2 aliphatic rings. The molecule has 134 valence electrons. The predicted molar refractivity (Wildman–Crippen MR) is 93.6 cm³/mol. The molecule has 1 heterocycles. The molecule has 2 fully saturated rings. The number of methoxy groups -OCH3 is 1. The molecule has 1 saturated heterocycles. The predicted octanol–water partition coefficient (Wildman–Crippen LogP) is 2.25. The summed E-state index contributed by atoms with van der Waals surface area (Å²) in [7, 11) is 1.19. The molecular weight excluding hydrogens is 394 g/mol. The highest BCUT2D eigenvalue weighted by molar-refractivity contribution is 9.10. The van der Waals surface area contributed by atoms with E-state index in [9.17, 15) is 19.7 Å². The molecule has 0 aromatic heterocycles. The molecule has 1 atom stereocenters. The van der Waals surface area contributed by atoms with Crippen molar-refractivity contribution in [1.29, 1.82) is 0 Å². The number of hydrogen-bond donors (Lipinski definition) is 1. The van der Waals surface area contributed by atoms with Crippen molar-refractivity contribution < 1.29 is 19.2 Å². The number of carbonyl (C=O) groups excluding carboxylic acids is 2. The summed E-state index contributed by atoms with van der Waals surface area (Å²) in [5.41, 5.74) is 0.283. The van der Waals surface area contributed by atoms with Crippen molar-refractivity contribution in [2.45, 2.75) is 25.3 Å². The Hall–Kier alpha value is -2.16. The Morgan fingerprint density at radius 2 is 2.08 bits per heavy atom. The molecule has 1 aromatic carbocycles. The number of nitrogens with one attached hydrogen (secondary N) is 1. The second kappa shape index (κ2) is 6.99. The van der Waals surface area contributed by atoms with Gasteiger partial charge in [-0.1, -0.05) is 0 Å². The van der Waals surface area contributed by atoms with Gasteiger partial charge in [0.25, 0.3) is 5.69 Å². The zero-order chi connectivity index (χ0) is 18.1. The van der Waals surface area contributed by atoms with E-state index in [0.29, 0.717) is 23.2 Å². The van der Waals surface area contributed by atoms with Crippen molar-refractivity contribution in [2.75, 3.05) is 25.1 Å². The Morgan fingerprint density at radius 3 is 2.68 bits per heavy atom. The van der Waals surface area contributed by atoms with Gasteiger partial charge in [0, 0.05) is 35.6 Å². The van der Waals surface area contributed by atoms with Crippen LogP contribution in [-0.2, 0) is 9.53 Å². The van der Waals surface area contributed by atoms with Gasteiger partial charge in [-0.15, -0.1) is 0 Å². The number of hydrogen-bond acceptors (Lipinski definition) is 6. The summed E-state index contributed by atoms with van der Waals surface area (Å²) in [6.45, 7) is 1.28. The summed E-state index contributed by atoms with van der Waals surface area (Å²) in [5.74, 6) is -0.491. The number of ether oxygens (including phenoxy) is 1. The molecule has 1 aliphatic heterocycles. The summed E-state index contributed by atoms with van der Waals surface area (Å²) >= 11 is 3.35. The number of nitro groups is 1. The minimum Gasteiger partial charge on any atom is -0.465 e. The third-order valence-electron chi connectivity index (χ3n) is 4.49. The van der Waals surface area contributed by atoms with E-state index >= 15 is 0 Å². The van der Waals surface area contributed by atoms with Crippen LogP contribution in [0.25, 0.3) is 0 Å². The maximum Gasteiger partial charge on any atom is 0.344 e. The van der Waals surface area contributed by atoms with E-state index in [2.05, 4.69) is 26.0 Å². The second-order valence-electron chi connectivity index (χ2n) is 6.28. The van der Waals surface area contributed by atoms with E-state index in [0.717, 1.165) is 19.3 Å². The number of amides is 1. The van der Waals surface area contributed by atoms with E-state index in [1.165, 1.54) is 19.2 Å². The topological polar surface area (TPSA) is 102 Å². The molecule has 0 unspecified atom stereocenters. The van der Waals surface area contributed by atoms with Crippen LogP contribution in [0, 0.1) is 16.0 Å². The first kappa shape index (κ1) is 17.7. The molecule has 0 radical (unpaired) electrons. The first-order valence-electron chi connectivity index (χ1n) is 8.02. The van der Waals surface area contributed by atoms with Crippen LogP contribution in [0.5, 0.6) is 0 Å². The number of benzene rings is 1. The number of carbonyl (C=O) groups is 2. The van der Waals surface area contributed by atoms with Gasteiger partial charge in [0.1, 0.15) is 5.56 Å². The lowest BCUT2D eigenvalue weighted by atomic mass is 10.1. The van der Waals surface area contributed by atoms with Crippen LogP contribution >= 0.6 is 15.9 Å². The van der Waals surface area contributed by atoms with E-state index in [1.54, 1.807) is 0 Å². The highest BCUT2D eigenvalue weighted by Gasteiger charge is 2.34. The summed E-state index contributed by atoms with van der Waals surface area (Å²) < 4.78 is 5.19. The number of nitro benzene ring substituents is 1. The van der Waals surface area contributed by atoms with Gasteiger partial charge in [-0.25, -0.2) is 4.79 Å². The third-order valence-corrected chi connectivity index (χ3v) is 5.13. The third kappa shape index (κ3) is 3.76. The fourth-order valence-electron chi connectivity index (χ4n) is 2.98. The smallest absolute Gasteiger partial charge is 0.344 e. The van der Waals surface area contributed by atoms with Gasteiger partial charge < -0.3 is 15.0 Å². The molecule has 0 spiro atoms. The summed E-state index contributed by atoms with van der Waals surface area (Å²) in [6.07, 6.45) is 2.70. The maximum atomic E-state index is 11.9. The fourth-order valence-corrected chi connectivity index (χ4v) is 3.56. The standard InChI is InChI=1S/C16H18BrN3O5/c1-25-16(22)11-6-14(12(17)7-13(11)20(23)24)19-5-4-10(8-19)18-15(21)9-2-3-9/h6-7,9-10H,2-5,8H2,1H3,(H,18,21)/t10-/m0/s1. The van der Waals surface area contributed by atoms with Gasteiger partial charge in [0.05, 0.1) is 17.7 Å². The van der Waals surface area contributed by atoms with E-state index in [-0.39, 0.29) is 29.1 Å². The minimum atomic E-state index is -0.752. The molecule has 25 heavy (non-hydrogen) atoms. The van der Waals surface area contributed by atoms with E-state index in [1.807, 2.05) is 4.90 Å². The van der Waals surface area contributed by atoms with E-state index in [4.69, 9.17) is 0 Å². The van der Waals surface area contributed by atoms with Crippen molar-refractivity contribution in [3.05, 3.63) is 32.3 Å². The lowest BCUT2D eigenvalue weighted by molar-refractivity contribution is -0.385. The lowest BCUT2D eigenvalue weighted by Crippen LogP contribution is -2.38. The second-order valence-corrected chi connectivity index (χ2v) is 7.14. The van der Waals surface area contributed by atoms with Crippen LogP contribution in [0.15, 0.2) is 16.6 Å². The molecule has 9 heteroatoms. The first-order valence-corrected chi connectivity index (χ1v) is 8.81. The Morgan fingerprint density at radius 1 is 1.36 bits per heavy atom. The maximum absolute atomic E-state index is 11.9. The number of nitrogens with zero attached hydrogens (tertiary/aromatic N) is 2. The van der Waals surface area contributed by atoms with Gasteiger partial charge >= 0.3 is 5.97 Å². The summed E-state index contributed by atoms with van der Waals surface area (Å²) in [5, 5.41) is 14.2. The average Bonchev–Trinajstić information content (AvgIpc) is 3.34. The van der Waals surface area contributed by atoms with Crippen LogP contribution in [0.3, 0.4) is 0 Å². The zero-order valence-corrected chi connectivity index (χ0v) is 15.2. The van der Waals surface area contributed by atoms with Crippen LogP contribution in [0.4, 0.5) is 11.4 Å². The zero-order valence-electron chi connectivity index (χ0n) is 13.7. The Balaban J connectivity index is 1.80. The van der Waals surface area contributed by atoms with Gasteiger partial charge in [0.2, 0.25) is 5.91 Å². The normalized spacial score (nSPS) is 19.6. The molecule has 0 bridgehead atoms. The molecule has 1 amide bonds. The number of halogens is 1. The minimum absolute atomic E-state index is 0.0387. The van der Waals surface area contributed by atoms with Crippen LogP contribution < -0.4 is 10.2 Å². The first-order chi connectivity index (χ1) is 11.9. The Kier molecular flexibility index (Phi) is 4.94. The molecule has 1 aliphatic carbocycles. The fraction of sp³-hybridized carbons (Fsp3) is 0.500. The number of anilines is 1. The highest BCUT2D eigenvalue weighted by atomic mass is 79.9. The van der Waals surface area contributed by atoms with Crippen molar-refractivity contribution in [3.63, 3.8) is 0 Å². The SMILES string of the molecule is COC(=O)c1cc(N2CC[C@H](NC(=O)C3CC3)C2)c(Br)cc1[N+](=O)[O-]. The van der Waals surface area contributed by atoms with Gasteiger partial charge in [-0.3, -0.25) is 14.9 Å². The van der Waals surface area contributed by atoms with Crippen molar-refractivity contribution in [2.24, 2.45) is 5.92 Å².